The summed E-state index contributed by atoms with van der Waals surface area (Å²) in [6.45, 7) is 13.9. The molecule has 0 aromatic carbocycles. The summed E-state index contributed by atoms with van der Waals surface area (Å²) >= 11 is 75.4. The highest BCUT2D eigenvalue weighted by atomic mass is 79.9. The molecule has 0 saturated heterocycles. The van der Waals surface area contributed by atoms with Crippen molar-refractivity contribution in [2.75, 3.05) is 110 Å². The number of rotatable bonds is 29. The van der Waals surface area contributed by atoms with Gasteiger partial charge in [0.15, 0.2) is 0 Å². The molecule has 0 aromatic rings. The van der Waals surface area contributed by atoms with Crippen LogP contribution >= 0.6 is 320 Å². The van der Waals surface area contributed by atoms with Crippen LogP contribution in [-0.2, 0) is 40.9 Å². The van der Waals surface area contributed by atoms with Crippen LogP contribution in [0.5, 0.6) is 0 Å². The Morgan fingerprint density at radius 3 is 0.706 bits per heavy atom. The SMILES string of the molecule is CC(C)CO.CC(C)COP(=O)(OCC(C)C)OCC(CBr)(CBr)CBr.Cl.Cl.O=P(Cl)(Cl)Cl.O=P(Cl)(Cl)OCC(CBr)(CBr)CBr.O=P(Cl)(Cl)OCC(CBr)(CBr)CBr.OCC(CBr)(CBr)CBr. The van der Waals surface area contributed by atoms with E-state index < -0.39 is 25.2 Å². The zero-order valence-electron chi connectivity index (χ0n) is 37.5. The summed E-state index contributed by atoms with van der Waals surface area (Å²) in [6, 6.07) is 0. The van der Waals surface area contributed by atoms with Gasteiger partial charge in [0.2, 0.25) is 0 Å². The number of aliphatic hydroxyl groups is 2. The smallest absolute Gasteiger partial charge is 0.396 e. The van der Waals surface area contributed by atoms with Gasteiger partial charge in [0.25, 0.3) is 0 Å². The van der Waals surface area contributed by atoms with Crippen LogP contribution in [0.4, 0.5) is 0 Å². The highest BCUT2D eigenvalue weighted by molar-refractivity contribution is 9.11. The van der Waals surface area contributed by atoms with Crippen LogP contribution in [0.3, 0.4) is 0 Å². The minimum Gasteiger partial charge on any atom is -0.396 e. The number of phosphoric ester groups is 1. The lowest BCUT2D eigenvalue weighted by Gasteiger charge is -2.29. The predicted octanol–water partition coefficient (Wildman–Crippen LogP) is 21.6. The summed E-state index contributed by atoms with van der Waals surface area (Å²) in [4.78, 5) is 0. The normalized spacial score (nSPS) is 12.4. The van der Waals surface area contributed by atoms with Gasteiger partial charge < -0.3 is 19.3 Å². The molecule has 0 rings (SSSR count). The van der Waals surface area contributed by atoms with E-state index in [1.807, 2.05) is 41.5 Å². The molecule has 0 amide bonds. The van der Waals surface area contributed by atoms with Crippen molar-refractivity contribution < 1.29 is 51.1 Å². The topological polar surface area (TPSA) is 155 Å². The first-order chi connectivity index (χ1) is 30.0. The third kappa shape index (κ3) is 59.6. The lowest BCUT2D eigenvalue weighted by atomic mass is 9.98. The molecule has 0 fully saturated rings. The van der Waals surface area contributed by atoms with Crippen LogP contribution in [-0.4, -0.2) is 120 Å². The first-order valence-electron chi connectivity index (χ1n) is 18.5. The number of hydrogen-bond donors (Lipinski definition) is 2. The van der Waals surface area contributed by atoms with Crippen molar-refractivity contribution in [2.24, 2.45) is 39.4 Å². The molecule has 0 saturated carbocycles. The number of alkyl halides is 12. The van der Waals surface area contributed by atoms with E-state index in [1.54, 1.807) is 0 Å². The van der Waals surface area contributed by atoms with Crippen molar-refractivity contribution >= 4 is 320 Å². The molecular formula is C32H63Br12Cl9O11P4. The molecule has 0 atom stereocenters. The Bertz CT molecular complexity index is 1240. The average molecular weight is 2030 g/mol. The second-order valence-corrected chi connectivity index (χ2v) is 38.8. The maximum atomic E-state index is 12.7. The molecule has 11 nitrogen and oxygen atoms in total. The molecule has 0 aromatic heterocycles. The third-order valence-corrected chi connectivity index (χ3v) is 24.5. The largest absolute Gasteiger partial charge is 0.474 e. The molecule has 0 spiro atoms. The Kier molecular flexibility index (Phi) is 72.5. The van der Waals surface area contributed by atoms with Gasteiger partial charge >= 0.3 is 25.2 Å². The van der Waals surface area contributed by atoms with Gasteiger partial charge in [-0.1, -0.05) is 233 Å². The zero-order valence-corrected chi connectivity index (χ0v) is 67.1. The van der Waals surface area contributed by atoms with Crippen LogP contribution in [0.15, 0.2) is 0 Å². The van der Waals surface area contributed by atoms with Gasteiger partial charge in [-0.2, -0.15) is 0 Å². The summed E-state index contributed by atoms with van der Waals surface area (Å²) in [5, 5.41) is 22.6. The Hall–Kier alpha value is 9.01. The molecule has 0 aliphatic heterocycles. The second-order valence-electron chi connectivity index (χ2n) is 15.2. The van der Waals surface area contributed by atoms with Crippen LogP contribution < -0.4 is 0 Å². The fraction of sp³-hybridized carbons (Fsp3) is 1.00. The van der Waals surface area contributed by atoms with Gasteiger partial charge in [-0.15, -0.1) is 24.8 Å². The molecule has 0 unspecified atom stereocenters. The van der Waals surface area contributed by atoms with Gasteiger partial charge in [0.1, 0.15) is 0 Å². The quantitative estimate of drug-likeness (QED) is 0.0543. The van der Waals surface area contributed by atoms with Crippen molar-refractivity contribution in [3.8, 4) is 0 Å². The Balaban J connectivity index is -0.000000112. The lowest BCUT2D eigenvalue weighted by Crippen LogP contribution is -2.32. The Morgan fingerprint density at radius 2 is 0.588 bits per heavy atom. The highest BCUT2D eigenvalue weighted by Crippen LogP contribution is 2.61. The molecule has 0 aliphatic carbocycles. The maximum absolute atomic E-state index is 12.7. The number of halogens is 21. The zero-order chi connectivity index (χ0) is 53.7. The molecule has 0 bridgehead atoms. The van der Waals surface area contributed by atoms with E-state index in [-0.39, 0.29) is 84.7 Å². The fourth-order valence-corrected chi connectivity index (χ4v) is 18.3. The molecule has 0 heterocycles. The fourth-order valence-electron chi connectivity index (χ4n) is 2.14. The number of aliphatic hydroxyl groups excluding tert-OH is 2. The van der Waals surface area contributed by atoms with E-state index in [2.05, 4.69) is 225 Å². The van der Waals surface area contributed by atoms with Crippen molar-refractivity contribution in [2.45, 2.75) is 41.5 Å². The monoisotopic (exact) mass is 2010 g/mol. The van der Waals surface area contributed by atoms with E-state index in [4.69, 9.17) is 77.8 Å². The number of phosphoric acid groups is 1. The maximum Gasteiger partial charge on any atom is 0.474 e. The van der Waals surface area contributed by atoms with Gasteiger partial charge in [0, 0.05) is 92.2 Å². The number of hydrogen-bond acceptors (Lipinski definition) is 11. The van der Waals surface area contributed by atoms with Crippen LogP contribution in [0.1, 0.15) is 41.5 Å². The molecule has 0 radical (unpaired) electrons. The summed E-state index contributed by atoms with van der Waals surface area (Å²) in [6.07, 6.45) is -6.84. The summed E-state index contributed by atoms with van der Waals surface area (Å²) < 4.78 is 70.1. The minimum atomic E-state index is -3.53. The summed E-state index contributed by atoms with van der Waals surface area (Å²) in [5.41, 5.74) is -0.586. The summed E-state index contributed by atoms with van der Waals surface area (Å²) in [5.74, 6) is 0.964. The Labute approximate surface area is 553 Å². The van der Waals surface area contributed by atoms with Gasteiger partial charge in [0.05, 0.1) is 39.6 Å². The summed E-state index contributed by atoms with van der Waals surface area (Å²) in [7, 11) is -3.53. The van der Waals surface area contributed by atoms with Crippen LogP contribution in [0.2, 0.25) is 0 Å². The molecular weight excluding hydrogens is 1960 g/mol. The van der Waals surface area contributed by atoms with E-state index in [0.29, 0.717) is 73.7 Å². The average Bonchev–Trinajstić information content (AvgIpc) is 3.25. The molecule has 36 heteroatoms. The first kappa shape index (κ1) is 93.4. The molecule has 424 valence electrons. The van der Waals surface area contributed by atoms with Gasteiger partial charge in [-0.05, 0) is 96.4 Å². The molecule has 68 heavy (non-hydrogen) atoms. The minimum absolute atomic E-state index is 0. The lowest BCUT2D eigenvalue weighted by molar-refractivity contribution is 0.0766. The van der Waals surface area contributed by atoms with Crippen molar-refractivity contribution in [1.29, 1.82) is 0 Å². The van der Waals surface area contributed by atoms with Gasteiger partial charge in [-0.3, -0.25) is 27.3 Å². The predicted molar refractivity (Wildman–Crippen MR) is 350 cm³/mol. The third-order valence-electron chi connectivity index (χ3n) is 6.81. The standard InChI is InChI=1S/C13H26Br3O4P.2C5H8Br3Cl2O2P.C5H9Br3O.C4H10O.Cl3OP.2ClH/c1-11(2)5-18-21(17,19-6-12(3)4)20-10-13(7-14,8-15)9-16;2*6-1-5(2-7,3-8)4-12-13(9,10)11;6-1-5(2-7,3-8)4-9;1-4(2)3-5;1-5(2,3)4;;/h11-12H,5-10H2,1-4H3;2*1-4H2;9H,1-4H2;4-5H,3H2,1-2H3;;2*1H. The Morgan fingerprint density at radius 1 is 0.397 bits per heavy atom. The molecule has 0 aliphatic rings. The van der Waals surface area contributed by atoms with Crippen LogP contribution in [0, 0.1) is 39.4 Å². The van der Waals surface area contributed by atoms with E-state index in [1.165, 1.54) is 0 Å². The molecule has 2 N–H and O–H groups in total. The van der Waals surface area contributed by atoms with E-state index in [9.17, 15) is 18.3 Å². The van der Waals surface area contributed by atoms with Gasteiger partial charge in [-0.25, -0.2) is 4.57 Å². The van der Waals surface area contributed by atoms with E-state index in [0.717, 1.165) is 16.0 Å². The van der Waals surface area contributed by atoms with Crippen LogP contribution in [0.25, 0.3) is 0 Å². The van der Waals surface area contributed by atoms with Crippen molar-refractivity contribution in [3.05, 3.63) is 0 Å². The second kappa shape index (κ2) is 52.8. The highest BCUT2D eigenvalue weighted by Gasteiger charge is 2.35. The van der Waals surface area contributed by atoms with Crippen molar-refractivity contribution in [3.63, 3.8) is 0 Å². The van der Waals surface area contributed by atoms with Crippen molar-refractivity contribution in [1.82, 2.24) is 0 Å². The first-order valence-corrected chi connectivity index (χ1v) is 44.7. The van der Waals surface area contributed by atoms with E-state index >= 15 is 0 Å².